The Hall–Kier alpha value is -0.360. The van der Waals surface area contributed by atoms with Gasteiger partial charge in [-0.1, -0.05) is 18.8 Å². The van der Waals surface area contributed by atoms with Crippen LogP contribution >= 0.6 is 19.1 Å². The van der Waals surface area contributed by atoms with E-state index >= 15 is 0 Å². The molecule has 9 heteroatoms. The molecule has 0 aliphatic heterocycles. The van der Waals surface area contributed by atoms with Crippen molar-refractivity contribution >= 4 is 19.1 Å². The third-order valence-electron chi connectivity index (χ3n) is 1.02. The average molecular weight is 275 g/mol. The van der Waals surface area contributed by atoms with Crippen molar-refractivity contribution in [3.8, 4) is 0 Å². The van der Waals surface area contributed by atoms with E-state index in [1.807, 2.05) is 7.05 Å². The van der Waals surface area contributed by atoms with Crippen molar-refractivity contribution < 1.29 is 29.7 Å². The minimum absolute atomic E-state index is 0. The van der Waals surface area contributed by atoms with Crippen LogP contribution in [0.15, 0.2) is 11.6 Å². The molecule has 0 aliphatic rings. The van der Waals surface area contributed by atoms with Crippen LogP contribution in [-0.4, -0.2) is 0 Å². The Labute approximate surface area is 87.6 Å². The number of rotatable bonds is 0. The molecule has 15 heavy (non-hydrogen) atoms. The Morgan fingerprint density at radius 1 is 1.13 bits per heavy atom. The predicted octanol–water partition coefficient (Wildman–Crippen LogP) is 4.90. The normalized spacial score (nSPS) is 15.2. The molecule has 0 saturated carbocycles. The Balaban J connectivity index is 0. The summed E-state index contributed by atoms with van der Waals surface area (Å²) < 4.78 is 61.3. The van der Waals surface area contributed by atoms with Crippen LogP contribution in [0.1, 0.15) is 12.4 Å². The zero-order valence-corrected chi connectivity index (χ0v) is 8.94. The molecule has 0 aromatic carbocycles. The molecule has 0 amide bonds. The Morgan fingerprint density at radius 2 is 1.47 bits per heavy atom. The van der Waals surface area contributed by atoms with Crippen LogP contribution in [0.5, 0.6) is 0 Å². The van der Waals surface area contributed by atoms with Gasteiger partial charge < -0.3 is 0 Å². The van der Waals surface area contributed by atoms with Gasteiger partial charge in [0.25, 0.3) is 0 Å². The summed E-state index contributed by atoms with van der Waals surface area (Å²) >= 11 is 1.77. The number of aromatic nitrogens is 1. The monoisotopic (exact) mass is 275 g/mol. The van der Waals surface area contributed by atoms with E-state index in [2.05, 4.69) is 23.1 Å². The maximum absolute atomic E-state index is 10.7. The summed E-state index contributed by atoms with van der Waals surface area (Å²) in [5.74, 6) is 0. The van der Waals surface area contributed by atoms with Crippen molar-refractivity contribution in [1.82, 2.24) is 0 Å². The molecule has 0 saturated heterocycles. The molecule has 1 rings (SSSR count). The SMILES string of the molecule is C.Cc1scc[n+]1C.F[P-](F)(F)(F)(F)F. The molecular formula is C6H12F6NPS. The van der Waals surface area contributed by atoms with Gasteiger partial charge in [-0.3, -0.25) is 0 Å². The Kier molecular flexibility index (Phi) is 4.43. The van der Waals surface area contributed by atoms with Gasteiger partial charge >= 0.3 is 33.0 Å². The topological polar surface area (TPSA) is 3.88 Å². The molecule has 0 atom stereocenters. The molecule has 1 nitrogen and oxygen atoms in total. The first-order valence-corrected chi connectivity index (χ1v) is 6.12. The van der Waals surface area contributed by atoms with Gasteiger partial charge in [-0.25, -0.2) is 0 Å². The molecule has 0 spiro atoms. The van der Waals surface area contributed by atoms with Crippen LogP contribution in [0, 0.1) is 6.92 Å². The van der Waals surface area contributed by atoms with E-state index in [9.17, 15) is 25.2 Å². The van der Waals surface area contributed by atoms with Crippen LogP contribution in [0.4, 0.5) is 25.2 Å². The molecule has 1 aromatic heterocycles. The molecule has 94 valence electrons. The van der Waals surface area contributed by atoms with Gasteiger partial charge in [0.2, 0.25) is 5.01 Å². The zero-order valence-electron chi connectivity index (χ0n) is 7.23. The quantitative estimate of drug-likeness (QED) is 0.360. The molecule has 0 fully saturated rings. The summed E-state index contributed by atoms with van der Waals surface area (Å²) in [6, 6.07) is 0. The third kappa shape index (κ3) is 19.9. The van der Waals surface area contributed by atoms with E-state index in [1.54, 1.807) is 11.3 Å². The van der Waals surface area contributed by atoms with E-state index in [-0.39, 0.29) is 7.43 Å². The fourth-order valence-corrected chi connectivity index (χ4v) is 1.08. The van der Waals surface area contributed by atoms with Crippen molar-refractivity contribution in [1.29, 1.82) is 0 Å². The molecule has 0 unspecified atom stereocenters. The van der Waals surface area contributed by atoms with E-state index in [1.165, 1.54) is 5.01 Å². The first-order valence-electron chi connectivity index (χ1n) is 3.22. The molecule has 0 aliphatic carbocycles. The van der Waals surface area contributed by atoms with Crippen LogP contribution in [0.2, 0.25) is 0 Å². The van der Waals surface area contributed by atoms with Crippen LogP contribution in [0.3, 0.4) is 0 Å². The summed E-state index contributed by atoms with van der Waals surface area (Å²) in [5, 5.41) is 3.43. The second kappa shape index (κ2) is 3.90. The zero-order chi connectivity index (χ0) is 11.7. The second-order valence-electron chi connectivity index (χ2n) is 2.49. The Bertz CT molecular complexity index is 286. The molecule has 0 bridgehead atoms. The predicted molar refractivity (Wildman–Crippen MR) is 50.5 cm³/mol. The van der Waals surface area contributed by atoms with Gasteiger partial charge in [0.15, 0.2) is 6.20 Å². The number of halogens is 6. The van der Waals surface area contributed by atoms with E-state index in [4.69, 9.17) is 0 Å². The standard InChI is InChI=1S/C5H8NS.CH4.F6P/c1-5-6(2)3-4-7-5;;1-7(2,3,4,5)6/h3-4H,1-2H3;1H4;/q+1;;-1. The summed E-state index contributed by atoms with van der Waals surface area (Å²) in [6.07, 6.45) is 2.06. The van der Waals surface area contributed by atoms with Crippen LogP contribution < -0.4 is 4.57 Å². The maximum atomic E-state index is 9.87. The van der Waals surface area contributed by atoms with E-state index in [0.717, 1.165) is 0 Å². The first-order chi connectivity index (χ1) is 5.75. The number of thiazole rings is 1. The fraction of sp³-hybridized carbons (Fsp3) is 0.500. The second-order valence-corrected chi connectivity index (χ2v) is 5.51. The first kappa shape index (κ1) is 17.0. The number of aryl methyl sites for hydroxylation is 2. The summed E-state index contributed by atoms with van der Waals surface area (Å²) in [7, 11) is -8.61. The average Bonchev–Trinajstić information content (AvgIpc) is 2.07. The Morgan fingerprint density at radius 3 is 1.53 bits per heavy atom. The minimum atomic E-state index is -10.7. The van der Waals surface area contributed by atoms with Crippen molar-refractivity contribution in [2.24, 2.45) is 7.05 Å². The number of hydrogen-bond acceptors (Lipinski definition) is 1. The van der Waals surface area contributed by atoms with Crippen molar-refractivity contribution in [3.05, 3.63) is 16.6 Å². The summed E-state index contributed by atoms with van der Waals surface area (Å²) in [6.45, 7) is 2.10. The number of nitrogens with zero attached hydrogens (tertiary/aromatic N) is 1. The molecule has 1 aromatic rings. The van der Waals surface area contributed by atoms with E-state index in [0.29, 0.717) is 0 Å². The molecule has 0 N–H and O–H groups in total. The van der Waals surface area contributed by atoms with Gasteiger partial charge in [-0.05, 0) is 0 Å². The summed E-state index contributed by atoms with van der Waals surface area (Å²) in [4.78, 5) is 0. The van der Waals surface area contributed by atoms with Gasteiger partial charge in [0.1, 0.15) is 7.05 Å². The molecule has 0 radical (unpaired) electrons. The number of hydrogen-bond donors (Lipinski definition) is 0. The third-order valence-corrected chi connectivity index (χ3v) is 1.91. The van der Waals surface area contributed by atoms with Crippen LogP contribution in [-0.2, 0) is 7.05 Å². The van der Waals surface area contributed by atoms with Gasteiger partial charge in [-0.2, -0.15) is 4.57 Å². The van der Waals surface area contributed by atoms with Crippen LogP contribution in [0.25, 0.3) is 0 Å². The van der Waals surface area contributed by atoms with E-state index < -0.39 is 7.81 Å². The van der Waals surface area contributed by atoms with Crippen molar-refractivity contribution in [2.45, 2.75) is 14.4 Å². The van der Waals surface area contributed by atoms with Crippen molar-refractivity contribution in [2.75, 3.05) is 0 Å². The van der Waals surface area contributed by atoms with Gasteiger partial charge in [0.05, 0.1) is 5.38 Å². The van der Waals surface area contributed by atoms with Gasteiger partial charge in [-0.15, -0.1) is 0 Å². The summed E-state index contributed by atoms with van der Waals surface area (Å²) in [5.41, 5.74) is 0. The fourth-order valence-electron chi connectivity index (χ4n) is 0.408. The molecular weight excluding hydrogens is 263 g/mol. The molecule has 1 heterocycles. The van der Waals surface area contributed by atoms with Crippen molar-refractivity contribution in [3.63, 3.8) is 0 Å². The van der Waals surface area contributed by atoms with Gasteiger partial charge in [0, 0.05) is 6.92 Å².